The normalized spacial score (nSPS) is 30.4. The maximum atomic E-state index is 12.6. The molecule has 7 nitrogen and oxygen atoms in total. The Morgan fingerprint density at radius 2 is 1.76 bits per heavy atom. The van der Waals surface area contributed by atoms with Crippen LogP contribution in [0.4, 0.5) is 5.69 Å². The molecule has 3 aliphatic carbocycles. The summed E-state index contributed by atoms with van der Waals surface area (Å²) in [5.74, 6) is -0.889. The first-order valence-electron chi connectivity index (χ1n) is 8.32. The molecule has 1 heterocycles. The van der Waals surface area contributed by atoms with Crippen molar-refractivity contribution in [3.8, 4) is 0 Å². The number of hydrazone groups is 1. The molecule has 4 aliphatic rings. The lowest BCUT2D eigenvalue weighted by atomic mass is 9.63. The van der Waals surface area contributed by atoms with Gasteiger partial charge in [0.05, 0.1) is 23.0 Å². The monoisotopic (exact) mass is 339 g/mol. The van der Waals surface area contributed by atoms with Crippen molar-refractivity contribution in [3.63, 3.8) is 0 Å². The van der Waals surface area contributed by atoms with Crippen LogP contribution < -0.4 is 0 Å². The van der Waals surface area contributed by atoms with Crippen LogP contribution >= 0.6 is 0 Å². The number of hydrogen-bond donors (Lipinski definition) is 0. The Morgan fingerprint density at radius 3 is 2.28 bits per heavy atom. The standard InChI is InChI=1S/C18H17N3O4/c1-10-2-3-11(8-14(10)21(24)25)9-19-20-17(22)15-12-4-5-13(7-6-12)16(15)18(20)23/h2-5,8-9,12-13,15-16H,6-7H2,1H3. The Morgan fingerprint density at radius 1 is 1.16 bits per heavy atom. The Bertz CT molecular complexity index is 813. The second-order valence-electron chi connectivity index (χ2n) is 6.88. The first-order chi connectivity index (χ1) is 12.0. The van der Waals surface area contributed by atoms with E-state index in [1.807, 2.05) is 0 Å². The molecule has 1 aromatic rings. The second-order valence-corrected chi connectivity index (χ2v) is 6.88. The minimum atomic E-state index is -0.462. The number of benzene rings is 1. The van der Waals surface area contributed by atoms with E-state index in [2.05, 4.69) is 17.3 Å². The van der Waals surface area contributed by atoms with Crippen LogP contribution in [0, 0.1) is 40.7 Å². The molecule has 0 N–H and O–H groups in total. The molecule has 0 radical (unpaired) electrons. The zero-order valence-corrected chi connectivity index (χ0v) is 13.7. The minimum Gasteiger partial charge on any atom is -0.272 e. The zero-order valence-electron chi connectivity index (χ0n) is 13.7. The first-order valence-corrected chi connectivity index (χ1v) is 8.32. The van der Waals surface area contributed by atoms with Gasteiger partial charge >= 0.3 is 0 Å². The molecule has 2 amide bonds. The first kappa shape index (κ1) is 15.7. The third-order valence-corrected chi connectivity index (χ3v) is 5.49. The van der Waals surface area contributed by atoms with Gasteiger partial charge in [-0.05, 0) is 31.6 Å². The summed E-state index contributed by atoms with van der Waals surface area (Å²) in [6, 6.07) is 4.69. The maximum absolute atomic E-state index is 12.6. The van der Waals surface area contributed by atoms with Crippen LogP contribution in [0.5, 0.6) is 0 Å². The van der Waals surface area contributed by atoms with E-state index >= 15 is 0 Å². The molecule has 128 valence electrons. The number of rotatable bonds is 3. The number of nitro groups is 1. The van der Waals surface area contributed by atoms with Gasteiger partial charge in [0, 0.05) is 17.2 Å². The smallest absolute Gasteiger partial charge is 0.272 e. The van der Waals surface area contributed by atoms with Gasteiger partial charge in [0.2, 0.25) is 0 Å². The fourth-order valence-corrected chi connectivity index (χ4v) is 4.20. The number of fused-ring (bicyclic) bond motifs is 1. The molecule has 5 rings (SSSR count). The Balaban J connectivity index is 1.60. The van der Waals surface area contributed by atoms with Crippen molar-refractivity contribution in [3.05, 3.63) is 51.6 Å². The average molecular weight is 339 g/mol. The fraction of sp³-hybridized carbons (Fsp3) is 0.389. The molecule has 2 bridgehead atoms. The van der Waals surface area contributed by atoms with Crippen molar-refractivity contribution in [1.82, 2.24) is 5.01 Å². The molecule has 1 aliphatic heterocycles. The summed E-state index contributed by atoms with van der Waals surface area (Å²) in [7, 11) is 0. The van der Waals surface area contributed by atoms with E-state index in [9.17, 15) is 19.7 Å². The zero-order chi connectivity index (χ0) is 17.7. The Kier molecular flexibility index (Phi) is 3.52. The molecule has 2 fully saturated rings. The van der Waals surface area contributed by atoms with E-state index in [0.717, 1.165) is 17.9 Å². The van der Waals surface area contributed by atoms with E-state index in [1.165, 1.54) is 12.3 Å². The number of aryl methyl sites for hydroxylation is 1. The highest BCUT2D eigenvalue weighted by atomic mass is 16.6. The molecule has 0 spiro atoms. The van der Waals surface area contributed by atoms with E-state index in [4.69, 9.17) is 0 Å². The summed E-state index contributed by atoms with van der Waals surface area (Å²) < 4.78 is 0. The van der Waals surface area contributed by atoms with Crippen LogP contribution in [0.25, 0.3) is 0 Å². The van der Waals surface area contributed by atoms with Gasteiger partial charge in [-0.15, -0.1) is 0 Å². The highest BCUT2D eigenvalue weighted by Crippen LogP contribution is 2.49. The van der Waals surface area contributed by atoms with Crippen molar-refractivity contribution in [2.24, 2.45) is 28.8 Å². The Hall–Kier alpha value is -2.83. The molecular weight excluding hydrogens is 322 g/mol. The van der Waals surface area contributed by atoms with Crippen molar-refractivity contribution >= 4 is 23.7 Å². The molecule has 1 aromatic carbocycles. The number of amides is 2. The molecule has 4 atom stereocenters. The van der Waals surface area contributed by atoms with E-state index in [0.29, 0.717) is 11.1 Å². The predicted octanol–water partition coefficient (Wildman–Crippen LogP) is 2.43. The van der Waals surface area contributed by atoms with E-state index < -0.39 is 4.92 Å². The predicted molar refractivity (Wildman–Crippen MR) is 89.6 cm³/mol. The van der Waals surface area contributed by atoms with Gasteiger partial charge in [0.25, 0.3) is 17.5 Å². The van der Waals surface area contributed by atoms with Crippen LogP contribution in [-0.4, -0.2) is 28.0 Å². The number of carbonyl (C=O) groups excluding carboxylic acids is 2. The summed E-state index contributed by atoms with van der Waals surface area (Å²) in [4.78, 5) is 35.8. The van der Waals surface area contributed by atoms with E-state index in [-0.39, 0.29) is 41.2 Å². The lowest BCUT2D eigenvalue weighted by Gasteiger charge is -2.37. The third-order valence-electron chi connectivity index (χ3n) is 5.49. The summed E-state index contributed by atoms with van der Waals surface area (Å²) in [6.07, 6.45) is 7.31. The van der Waals surface area contributed by atoms with Crippen LogP contribution in [0.2, 0.25) is 0 Å². The van der Waals surface area contributed by atoms with Crippen molar-refractivity contribution in [2.75, 3.05) is 0 Å². The topological polar surface area (TPSA) is 92.9 Å². The van der Waals surface area contributed by atoms with Crippen LogP contribution in [0.15, 0.2) is 35.5 Å². The number of carbonyl (C=O) groups is 2. The van der Waals surface area contributed by atoms with Crippen molar-refractivity contribution < 1.29 is 14.5 Å². The number of nitro benzene ring substituents is 1. The third kappa shape index (κ3) is 2.38. The van der Waals surface area contributed by atoms with Gasteiger partial charge in [0.1, 0.15) is 0 Å². The maximum Gasteiger partial charge on any atom is 0.272 e. The van der Waals surface area contributed by atoms with Gasteiger partial charge in [-0.1, -0.05) is 24.3 Å². The lowest BCUT2D eigenvalue weighted by molar-refractivity contribution is -0.385. The number of hydrogen-bond acceptors (Lipinski definition) is 5. The van der Waals surface area contributed by atoms with Gasteiger partial charge in [-0.3, -0.25) is 19.7 Å². The van der Waals surface area contributed by atoms with Crippen LogP contribution in [0.1, 0.15) is 24.0 Å². The fourth-order valence-electron chi connectivity index (χ4n) is 4.20. The molecule has 1 saturated heterocycles. The highest BCUT2D eigenvalue weighted by Gasteiger charge is 2.56. The summed E-state index contributed by atoms with van der Waals surface area (Å²) in [6.45, 7) is 1.65. The van der Waals surface area contributed by atoms with Crippen molar-refractivity contribution in [2.45, 2.75) is 19.8 Å². The summed E-state index contributed by atoms with van der Waals surface area (Å²) in [5, 5.41) is 16.0. The number of allylic oxidation sites excluding steroid dienone is 2. The molecule has 0 aromatic heterocycles. The van der Waals surface area contributed by atoms with Crippen molar-refractivity contribution in [1.29, 1.82) is 0 Å². The number of nitrogens with zero attached hydrogens (tertiary/aromatic N) is 3. The Labute approximate surface area is 144 Å². The number of imide groups is 1. The largest absolute Gasteiger partial charge is 0.272 e. The highest BCUT2D eigenvalue weighted by molar-refractivity contribution is 6.06. The molecule has 4 unspecified atom stereocenters. The summed E-state index contributed by atoms with van der Waals surface area (Å²) >= 11 is 0. The second kappa shape index (κ2) is 5.61. The van der Waals surface area contributed by atoms with Gasteiger partial charge < -0.3 is 0 Å². The molecular formula is C18H17N3O4. The van der Waals surface area contributed by atoms with Gasteiger partial charge in [0.15, 0.2) is 0 Å². The molecule has 1 saturated carbocycles. The minimum absolute atomic E-state index is 0.0149. The molecule has 7 heteroatoms. The quantitative estimate of drug-likeness (QED) is 0.278. The van der Waals surface area contributed by atoms with Gasteiger partial charge in [-0.25, -0.2) is 0 Å². The van der Waals surface area contributed by atoms with Crippen LogP contribution in [0.3, 0.4) is 0 Å². The molecule has 25 heavy (non-hydrogen) atoms. The lowest BCUT2D eigenvalue weighted by Crippen LogP contribution is -2.38. The SMILES string of the molecule is Cc1ccc(C=NN2C(=O)C3C4C=CC(CC4)C3C2=O)cc1[N+](=O)[O-]. The van der Waals surface area contributed by atoms with Crippen LogP contribution in [-0.2, 0) is 9.59 Å². The van der Waals surface area contributed by atoms with E-state index in [1.54, 1.807) is 19.1 Å². The van der Waals surface area contributed by atoms with Gasteiger partial charge in [-0.2, -0.15) is 10.1 Å². The summed E-state index contributed by atoms with van der Waals surface area (Å²) in [5.41, 5.74) is 1.01. The average Bonchev–Trinajstić information content (AvgIpc) is 2.88.